The van der Waals surface area contributed by atoms with E-state index in [0.29, 0.717) is 0 Å². The van der Waals surface area contributed by atoms with E-state index in [1.54, 1.807) is 0 Å². The van der Waals surface area contributed by atoms with Gasteiger partial charge in [-0.2, -0.15) is 0 Å². The molecule has 0 saturated carbocycles. The van der Waals surface area contributed by atoms with Crippen molar-refractivity contribution in [2.45, 2.75) is 52.4 Å². The van der Waals surface area contributed by atoms with Gasteiger partial charge in [0.25, 0.3) is 0 Å². The van der Waals surface area contributed by atoms with Crippen LogP contribution >= 0.6 is 11.6 Å². The van der Waals surface area contributed by atoms with Gasteiger partial charge in [-0.1, -0.05) is 84.4 Å². The number of rotatable bonds is 5. The molecule has 0 aromatic heterocycles. The van der Waals surface area contributed by atoms with Crippen molar-refractivity contribution in [2.75, 3.05) is 10.2 Å². The van der Waals surface area contributed by atoms with Crippen LogP contribution in [0, 0.1) is 13.8 Å². The van der Waals surface area contributed by atoms with Crippen LogP contribution in [-0.2, 0) is 25.7 Å². The van der Waals surface area contributed by atoms with Crippen LogP contribution in [-0.4, -0.2) is 0 Å². The lowest BCUT2D eigenvalue weighted by Crippen LogP contribution is -2.13. The fourth-order valence-corrected chi connectivity index (χ4v) is 8.70. The Bertz CT molecular complexity index is 2350. The van der Waals surface area contributed by atoms with Crippen molar-refractivity contribution in [3.8, 4) is 0 Å². The summed E-state index contributed by atoms with van der Waals surface area (Å²) in [5, 5.41) is 12.1. The summed E-state index contributed by atoms with van der Waals surface area (Å²) >= 11 is 7.48. The van der Waals surface area contributed by atoms with Crippen LogP contribution < -0.4 is 10.2 Å². The van der Waals surface area contributed by atoms with Crippen LogP contribution in [0.5, 0.6) is 0 Å². The molecule has 1 N–H and O–H groups in total. The molecule has 0 bridgehead atoms. The summed E-state index contributed by atoms with van der Waals surface area (Å²) in [5.74, 6) is 0. The Morgan fingerprint density at radius 3 is 1.79 bits per heavy atom. The third-order valence-corrected chi connectivity index (χ3v) is 11.2. The van der Waals surface area contributed by atoms with Crippen molar-refractivity contribution in [1.82, 2.24) is 0 Å². The second-order valence-corrected chi connectivity index (χ2v) is 13.7. The molecular formula is C44H37ClN2. The lowest BCUT2D eigenvalue weighted by atomic mass is 9.93. The summed E-state index contributed by atoms with van der Waals surface area (Å²) in [4.78, 5) is 2.39. The van der Waals surface area contributed by atoms with Gasteiger partial charge in [-0.15, -0.1) is 0 Å². The zero-order chi connectivity index (χ0) is 31.6. The first-order valence-corrected chi connectivity index (χ1v) is 17.4. The molecule has 0 heterocycles. The summed E-state index contributed by atoms with van der Waals surface area (Å²) in [6.07, 6.45) is 7.08. The van der Waals surface area contributed by atoms with E-state index >= 15 is 0 Å². The van der Waals surface area contributed by atoms with Gasteiger partial charge in [-0.25, -0.2) is 0 Å². The molecule has 0 unspecified atom stereocenters. The molecule has 0 fully saturated rings. The van der Waals surface area contributed by atoms with Crippen LogP contribution in [0.4, 0.5) is 28.4 Å². The second kappa shape index (κ2) is 11.2. The monoisotopic (exact) mass is 628 g/mol. The number of benzene rings is 7. The highest BCUT2D eigenvalue weighted by Gasteiger charge is 2.24. The number of aryl methyl sites for hydroxylation is 2. The Morgan fingerprint density at radius 2 is 1.11 bits per heavy atom. The van der Waals surface area contributed by atoms with Crippen molar-refractivity contribution < 1.29 is 0 Å². The van der Waals surface area contributed by atoms with Gasteiger partial charge >= 0.3 is 0 Å². The van der Waals surface area contributed by atoms with Crippen molar-refractivity contribution >= 4 is 72.4 Å². The van der Waals surface area contributed by atoms with E-state index in [-0.39, 0.29) is 0 Å². The van der Waals surface area contributed by atoms with Crippen LogP contribution in [0.15, 0.2) is 109 Å². The second-order valence-electron chi connectivity index (χ2n) is 13.4. The predicted octanol–water partition coefficient (Wildman–Crippen LogP) is 12.6. The summed E-state index contributed by atoms with van der Waals surface area (Å²) in [6.45, 7) is 4.54. The minimum absolute atomic E-state index is 0.718. The van der Waals surface area contributed by atoms with Crippen molar-refractivity contribution in [2.24, 2.45) is 0 Å². The van der Waals surface area contributed by atoms with Crippen molar-refractivity contribution in [1.29, 1.82) is 0 Å². The Labute approximate surface area is 281 Å². The van der Waals surface area contributed by atoms with Crippen LogP contribution in [0.2, 0.25) is 5.02 Å². The van der Waals surface area contributed by atoms with Crippen LogP contribution in [0.3, 0.4) is 0 Å². The molecule has 47 heavy (non-hydrogen) atoms. The number of nitrogens with zero attached hydrogens (tertiary/aromatic N) is 1. The van der Waals surface area contributed by atoms with Gasteiger partial charge in [0.05, 0.1) is 16.4 Å². The van der Waals surface area contributed by atoms with E-state index in [0.717, 1.165) is 47.0 Å². The third-order valence-electron chi connectivity index (χ3n) is 10.8. The highest BCUT2D eigenvalue weighted by Crippen LogP contribution is 2.47. The van der Waals surface area contributed by atoms with E-state index in [1.165, 1.54) is 90.6 Å². The Hall–Kier alpha value is -4.79. The standard InChI is InChI=1S/C44H37ClN2/c1-27-32-16-7-10-29(32)20-24-40(27)46-41-18-9-19-43(44(41)45)47(42-25-21-30-11-8-17-33(30)28(42)2)31-22-23-38-36-14-4-3-12-34(36)35-13-5-6-15-37(35)39(38)26-31/h3-6,9,12-15,18-26,46H,7-8,10-11,16-17H2,1-2H3. The zero-order valence-electron chi connectivity index (χ0n) is 27.0. The first-order valence-electron chi connectivity index (χ1n) is 17.0. The number of hydrogen-bond donors (Lipinski definition) is 1. The molecule has 0 atom stereocenters. The molecule has 7 aromatic rings. The minimum atomic E-state index is 0.718. The van der Waals surface area contributed by atoms with Gasteiger partial charge in [-0.3, -0.25) is 0 Å². The fourth-order valence-electron chi connectivity index (χ4n) is 8.44. The molecule has 9 rings (SSSR count). The van der Waals surface area contributed by atoms with Gasteiger partial charge < -0.3 is 10.2 Å². The van der Waals surface area contributed by atoms with Crippen molar-refractivity contribution in [3.63, 3.8) is 0 Å². The molecule has 0 spiro atoms. The third kappa shape index (κ3) is 4.53. The number of hydrogen-bond acceptors (Lipinski definition) is 2. The summed E-state index contributed by atoms with van der Waals surface area (Å²) in [5.41, 5.74) is 13.9. The van der Waals surface area contributed by atoms with Gasteiger partial charge in [0.2, 0.25) is 0 Å². The Balaban J connectivity index is 1.26. The quantitative estimate of drug-likeness (QED) is 0.191. The summed E-state index contributed by atoms with van der Waals surface area (Å²) in [6, 6.07) is 40.1. The highest BCUT2D eigenvalue weighted by atomic mass is 35.5. The summed E-state index contributed by atoms with van der Waals surface area (Å²) in [7, 11) is 0. The number of nitrogens with one attached hydrogen (secondary N) is 1. The minimum Gasteiger partial charge on any atom is -0.354 e. The molecule has 230 valence electrons. The van der Waals surface area contributed by atoms with Crippen LogP contribution in [0.1, 0.15) is 46.2 Å². The first-order chi connectivity index (χ1) is 23.1. The van der Waals surface area contributed by atoms with E-state index < -0.39 is 0 Å². The molecule has 0 aliphatic heterocycles. The predicted molar refractivity (Wildman–Crippen MR) is 202 cm³/mol. The van der Waals surface area contributed by atoms with E-state index in [1.807, 2.05) is 0 Å². The normalized spacial score (nSPS) is 13.8. The van der Waals surface area contributed by atoms with Gasteiger partial charge in [-0.05, 0) is 154 Å². The average molecular weight is 629 g/mol. The lowest BCUT2D eigenvalue weighted by Gasteiger charge is -2.30. The molecule has 7 aromatic carbocycles. The fraction of sp³-hybridized carbons (Fsp3) is 0.182. The van der Waals surface area contributed by atoms with Gasteiger partial charge in [0.15, 0.2) is 0 Å². The number of fused-ring (bicyclic) bond motifs is 8. The maximum Gasteiger partial charge on any atom is 0.0881 e. The maximum absolute atomic E-state index is 7.48. The molecule has 3 heteroatoms. The van der Waals surface area contributed by atoms with E-state index in [4.69, 9.17) is 11.6 Å². The molecule has 2 aliphatic rings. The van der Waals surface area contributed by atoms with E-state index in [2.05, 4.69) is 133 Å². The summed E-state index contributed by atoms with van der Waals surface area (Å²) < 4.78 is 0. The largest absolute Gasteiger partial charge is 0.354 e. The Kier molecular flexibility index (Phi) is 6.76. The van der Waals surface area contributed by atoms with Crippen molar-refractivity contribution in [3.05, 3.63) is 148 Å². The van der Waals surface area contributed by atoms with E-state index in [9.17, 15) is 0 Å². The number of anilines is 5. The van der Waals surface area contributed by atoms with Gasteiger partial charge in [0.1, 0.15) is 0 Å². The molecule has 0 amide bonds. The topological polar surface area (TPSA) is 15.3 Å². The Morgan fingerprint density at radius 1 is 0.511 bits per heavy atom. The molecule has 2 aliphatic carbocycles. The van der Waals surface area contributed by atoms with Gasteiger partial charge in [0, 0.05) is 17.1 Å². The molecular weight excluding hydrogens is 592 g/mol. The lowest BCUT2D eigenvalue weighted by molar-refractivity contribution is 0.909. The SMILES string of the molecule is Cc1c(Nc2cccc(N(c3ccc4c5ccccc5c5ccccc5c4c3)c3ccc4c(c3C)CCC4)c2Cl)ccc2c1CCC2. The average Bonchev–Trinajstić information content (AvgIpc) is 3.80. The smallest absolute Gasteiger partial charge is 0.0881 e. The zero-order valence-corrected chi connectivity index (χ0v) is 27.7. The van der Waals surface area contributed by atoms with Crippen LogP contribution in [0.25, 0.3) is 32.3 Å². The maximum atomic E-state index is 7.48. The molecule has 2 nitrogen and oxygen atoms in total. The molecule has 0 saturated heterocycles. The highest BCUT2D eigenvalue weighted by molar-refractivity contribution is 6.36. The number of halogens is 1. The molecule has 0 radical (unpaired) electrons. The first kappa shape index (κ1) is 28.4.